The van der Waals surface area contributed by atoms with Crippen LogP contribution in [-0.2, 0) is 4.42 Å². The molecule has 0 bridgehead atoms. The summed E-state index contributed by atoms with van der Waals surface area (Å²) in [4.78, 5) is 11.2. The van der Waals surface area contributed by atoms with Crippen molar-refractivity contribution in [2.45, 2.75) is 12.5 Å². The Labute approximate surface area is 88.9 Å². The van der Waals surface area contributed by atoms with Crippen LogP contribution in [0.2, 0.25) is 0 Å². The van der Waals surface area contributed by atoms with Crippen LogP contribution in [-0.4, -0.2) is 12.8 Å². The van der Waals surface area contributed by atoms with Gasteiger partial charge >= 0.3 is 5.97 Å². The van der Waals surface area contributed by atoms with E-state index in [0.717, 1.165) is 5.56 Å². The summed E-state index contributed by atoms with van der Waals surface area (Å²) in [5.74, 6) is -0.456. The van der Waals surface area contributed by atoms with Crippen molar-refractivity contribution in [1.82, 2.24) is 0 Å². The number of benzene rings is 1. The maximum absolute atomic E-state index is 11.2. The molecule has 1 aromatic rings. The van der Waals surface area contributed by atoms with Crippen LogP contribution in [0.1, 0.15) is 28.4 Å². The summed E-state index contributed by atoms with van der Waals surface area (Å²) in [5, 5.41) is 0. The molecular formula is C12H14NO2+. The topological polar surface area (TPSA) is 54.4 Å². The number of carbonyl (C=O) groups excluding carboxylic acids is 2. The maximum Gasteiger partial charge on any atom is 0.612 e. The highest BCUT2D eigenvalue weighted by Crippen LogP contribution is 2.15. The normalized spacial score (nSPS) is 11.8. The van der Waals surface area contributed by atoms with E-state index in [2.05, 4.69) is 17.8 Å². The largest absolute Gasteiger partial charge is 0.612 e. The molecule has 78 valence electrons. The third-order valence-corrected chi connectivity index (χ3v) is 2.10. The summed E-state index contributed by atoms with van der Waals surface area (Å²) in [7, 11) is 0. The van der Waals surface area contributed by atoms with Gasteiger partial charge in [-0.05, 0) is 24.1 Å². The van der Waals surface area contributed by atoms with Gasteiger partial charge in [-0.15, -0.1) is 6.58 Å². The van der Waals surface area contributed by atoms with Crippen LogP contribution in [0.4, 0.5) is 0 Å². The van der Waals surface area contributed by atoms with Crippen molar-refractivity contribution in [1.29, 1.82) is 0 Å². The van der Waals surface area contributed by atoms with Crippen molar-refractivity contribution in [2.75, 3.05) is 0 Å². The van der Waals surface area contributed by atoms with Crippen LogP contribution in [0.3, 0.4) is 0 Å². The predicted octanol–water partition coefficient (Wildman–Crippen LogP) is 1.77. The Morgan fingerprint density at radius 2 is 2.33 bits per heavy atom. The smallest absolute Gasteiger partial charge is 0.324 e. The molecule has 2 N–H and O–H groups in total. The van der Waals surface area contributed by atoms with Crippen molar-refractivity contribution < 1.29 is 9.22 Å². The minimum absolute atomic E-state index is 0.139. The van der Waals surface area contributed by atoms with E-state index in [9.17, 15) is 4.79 Å². The fourth-order valence-electron chi connectivity index (χ4n) is 1.30. The molecule has 3 heteroatoms. The van der Waals surface area contributed by atoms with Crippen LogP contribution < -0.4 is 5.73 Å². The SMILES string of the molecule is C=CC[C@@H](N)c1cccc(C(=O)[O+]=C)c1. The summed E-state index contributed by atoms with van der Waals surface area (Å²) < 4.78 is 4.38. The molecule has 1 aromatic carbocycles. The molecule has 1 rings (SSSR count). The minimum atomic E-state index is -0.456. The van der Waals surface area contributed by atoms with Crippen molar-refractivity contribution in [2.24, 2.45) is 5.73 Å². The molecular weight excluding hydrogens is 190 g/mol. The maximum atomic E-state index is 11.2. The van der Waals surface area contributed by atoms with E-state index >= 15 is 0 Å². The van der Waals surface area contributed by atoms with Gasteiger partial charge < -0.3 is 5.73 Å². The van der Waals surface area contributed by atoms with Gasteiger partial charge in [0.1, 0.15) is 5.56 Å². The Balaban J connectivity index is 2.96. The van der Waals surface area contributed by atoms with Gasteiger partial charge in [0, 0.05) is 6.04 Å². The van der Waals surface area contributed by atoms with Crippen molar-refractivity contribution >= 4 is 12.8 Å². The van der Waals surface area contributed by atoms with E-state index < -0.39 is 5.97 Å². The number of hydrogen-bond acceptors (Lipinski definition) is 2. The molecule has 15 heavy (non-hydrogen) atoms. The molecule has 0 unspecified atom stereocenters. The van der Waals surface area contributed by atoms with Gasteiger partial charge in [0.25, 0.3) is 0 Å². The predicted molar refractivity (Wildman–Crippen MR) is 59.6 cm³/mol. The number of rotatable bonds is 4. The zero-order valence-corrected chi connectivity index (χ0v) is 8.48. The second-order valence-corrected chi connectivity index (χ2v) is 3.19. The summed E-state index contributed by atoms with van der Waals surface area (Å²) in [6.07, 6.45) is 2.42. The summed E-state index contributed by atoms with van der Waals surface area (Å²) >= 11 is 0. The molecule has 0 spiro atoms. The molecule has 0 aromatic heterocycles. The van der Waals surface area contributed by atoms with Crippen molar-refractivity contribution in [3.05, 3.63) is 48.0 Å². The number of hydrogen-bond donors (Lipinski definition) is 1. The number of carbonyl (C=O) groups is 1. The first kappa shape index (κ1) is 11.3. The zero-order chi connectivity index (χ0) is 11.3. The van der Waals surface area contributed by atoms with Gasteiger partial charge in [0.05, 0.1) is 4.79 Å². The molecule has 3 nitrogen and oxygen atoms in total. The summed E-state index contributed by atoms with van der Waals surface area (Å²) in [6.45, 7) is 6.69. The van der Waals surface area contributed by atoms with Crippen LogP contribution in [0, 0.1) is 0 Å². The molecule has 0 aliphatic rings. The Hall–Kier alpha value is -1.74. The van der Waals surface area contributed by atoms with Crippen LogP contribution >= 0.6 is 0 Å². The van der Waals surface area contributed by atoms with Gasteiger partial charge in [-0.25, -0.2) is 0 Å². The molecule has 0 amide bonds. The Morgan fingerprint density at radius 3 is 2.93 bits per heavy atom. The standard InChI is InChI=1S/C12H14NO2/c1-3-5-11(13)9-6-4-7-10(8-9)12(14)15-2/h3-4,6-8,11H,1-2,5,13H2/q+1/t11-/m1/s1. The second kappa shape index (κ2) is 5.22. The highest BCUT2D eigenvalue weighted by molar-refractivity contribution is 5.87. The molecule has 0 heterocycles. The van der Waals surface area contributed by atoms with Gasteiger partial charge in [-0.2, -0.15) is 0 Å². The molecule has 0 aliphatic heterocycles. The Kier molecular flexibility index (Phi) is 3.94. The molecule has 0 fully saturated rings. The third-order valence-electron chi connectivity index (χ3n) is 2.10. The van der Waals surface area contributed by atoms with Crippen molar-refractivity contribution in [3.63, 3.8) is 0 Å². The highest BCUT2D eigenvalue weighted by Gasteiger charge is 2.17. The summed E-state index contributed by atoms with van der Waals surface area (Å²) in [6, 6.07) is 6.87. The average molecular weight is 204 g/mol. The lowest BCUT2D eigenvalue weighted by molar-refractivity contribution is -0.334. The second-order valence-electron chi connectivity index (χ2n) is 3.19. The lowest BCUT2D eigenvalue weighted by Crippen LogP contribution is -2.10. The Morgan fingerprint density at radius 1 is 1.60 bits per heavy atom. The minimum Gasteiger partial charge on any atom is -0.324 e. The molecule has 1 atom stereocenters. The zero-order valence-electron chi connectivity index (χ0n) is 8.48. The summed E-state index contributed by atoms with van der Waals surface area (Å²) in [5.41, 5.74) is 7.22. The van der Waals surface area contributed by atoms with Gasteiger partial charge in [-0.3, -0.25) is 4.42 Å². The lowest BCUT2D eigenvalue weighted by atomic mass is 10.0. The first-order valence-corrected chi connectivity index (χ1v) is 4.62. The molecule has 0 radical (unpaired) electrons. The average Bonchev–Trinajstić information content (AvgIpc) is 2.28. The molecule has 0 saturated carbocycles. The highest BCUT2D eigenvalue weighted by atomic mass is 16.4. The van der Waals surface area contributed by atoms with Crippen LogP contribution in [0.15, 0.2) is 36.9 Å². The molecule has 0 saturated heterocycles. The van der Waals surface area contributed by atoms with E-state index in [1.54, 1.807) is 24.3 Å². The van der Waals surface area contributed by atoms with E-state index in [-0.39, 0.29) is 6.04 Å². The first-order chi connectivity index (χ1) is 7.19. The van der Waals surface area contributed by atoms with Gasteiger partial charge in [-0.1, -0.05) is 18.2 Å². The van der Waals surface area contributed by atoms with Crippen LogP contribution in [0.5, 0.6) is 0 Å². The Bertz CT molecular complexity index is 385. The van der Waals surface area contributed by atoms with E-state index in [4.69, 9.17) is 5.73 Å². The first-order valence-electron chi connectivity index (χ1n) is 4.62. The van der Waals surface area contributed by atoms with Crippen molar-refractivity contribution in [3.8, 4) is 0 Å². The van der Waals surface area contributed by atoms with E-state index in [1.807, 2.05) is 6.07 Å². The van der Waals surface area contributed by atoms with Gasteiger partial charge in [0.2, 0.25) is 0 Å². The van der Waals surface area contributed by atoms with E-state index in [1.165, 1.54) is 0 Å². The monoisotopic (exact) mass is 204 g/mol. The fraction of sp³-hybridized carbons (Fsp3) is 0.167. The van der Waals surface area contributed by atoms with Crippen LogP contribution in [0.25, 0.3) is 0 Å². The quantitative estimate of drug-likeness (QED) is 0.600. The number of nitrogens with two attached hydrogens (primary N) is 1. The third kappa shape index (κ3) is 2.86. The van der Waals surface area contributed by atoms with E-state index in [0.29, 0.717) is 12.0 Å². The lowest BCUT2D eigenvalue weighted by Gasteiger charge is -2.08. The van der Waals surface area contributed by atoms with Gasteiger partial charge in [0.15, 0.2) is 6.79 Å². The fourth-order valence-corrected chi connectivity index (χ4v) is 1.30. The molecule has 0 aliphatic carbocycles.